The summed E-state index contributed by atoms with van der Waals surface area (Å²) in [6, 6.07) is 7.75. The van der Waals surface area contributed by atoms with Gasteiger partial charge in [-0.3, -0.25) is 4.79 Å². The lowest BCUT2D eigenvalue weighted by Gasteiger charge is -2.03. The van der Waals surface area contributed by atoms with E-state index in [1.807, 2.05) is 24.3 Å². The van der Waals surface area contributed by atoms with Crippen molar-refractivity contribution < 1.29 is 4.79 Å². The number of H-pyrrole nitrogens is 2. The topological polar surface area (TPSA) is 86.5 Å². The molecule has 0 aliphatic heterocycles. The number of aromatic amines is 2. The van der Waals surface area contributed by atoms with Gasteiger partial charge in [-0.2, -0.15) is 0 Å². The Hall–Kier alpha value is -2.63. The quantitative estimate of drug-likeness (QED) is 0.684. The molecule has 0 bridgehead atoms. The third-order valence-electron chi connectivity index (χ3n) is 3.73. The molecule has 3 aromatic rings. The molecule has 106 valence electrons. The zero-order chi connectivity index (χ0) is 14.2. The maximum atomic E-state index is 12.2. The van der Waals surface area contributed by atoms with Crippen LogP contribution in [-0.4, -0.2) is 32.4 Å². The minimum atomic E-state index is -0.130. The Balaban J connectivity index is 1.65. The zero-order valence-corrected chi connectivity index (χ0v) is 11.4. The molecule has 3 N–H and O–H groups in total. The van der Waals surface area contributed by atoms with Gasteiger partial charge in [0.05, 0.1) is 17.4 Å². The molecule has 4 rings (SSSR count). The van der Waals surface area contributed by atoms with Crippen LogP contribution in [0.3, 0.4) is 0 Å². The van der Waals surface area contributed by atoms with E-state index in [2.05, 4.69) is 25.3 Å². The number of benzene rings is 1. The van der Waals surface area contributed by atoms with Crippen LogP contribution in [0.2, 0.25) is 0 Å². The number of nitrogens with one attached hydrogen (secondary N) is 3. The van der Waals surface area contributed by atoms with Gasteiger partial charge >= 0.3 is 0 Å². The highest BCUT2D eigenvalue weighted by Crippen LogP contribution is 2.28. The van der Waals surface area contributed by atoms with Gasteiger partial charge in [0.25, 0.3) is 5.91 Å². The Bertz CT molecular complexity index is 766. The number of para-hydroxylation sites is 2. The first kappa shape index (κ1) is 12.1. The molecule has 21 heavy (non-hydrogen) atoms. The third kappa shape index (κ3) is 2.29. The third-order valence-corrected chi connectivity index (χ3v) is 3.73. The van der Waals surface area contributed by atoms with Crippen molar-refractivity contribution in [2.24, 2.45) is 5.92 Å². The fraction of sp³-hybridized carbons (Fsp3) is 0.267. The van der Waals surface area contributed by atoms with Crippen molar-refractivity contribution in [3.8, 4) is 11.5 Å². The molecule has 0 saturated heterocycles. The first-order chi connectivity index (χ1) is 10.3. The van der Waals surface area contributed by atoms with Crippen molar-refractivity contribution >= 4 is 16.9 Å². The Labute approximate surface area is 121 Å². The van der Waals surface area contributed by atoms with Crippen LogP contribution >= 0.6 is 0 Å². The largest absolute Gasteiger partial charge is 0.350 e. The lowest BCUT2D eigenvalue weighted by molar-refractivity contribution is 0.0948. The summed E-state index contributed by atoms with van der Waals surface area (Å²) in [5.74, 6) is 1.12. The molecule has 1 amide bonds. The van der Waals surface area contributed by atoms with Crippen LogP contribution in [0.5, 0.6) is 0 Å². The second-order valence-electron chi connectivity index (χ2n) is 5.38. The monoisotopic (exact) mass is 281 g/mol. The Morgan fingerprint density at radius 1 is 1.33 bits per heavy atom. The maximum absolute atomic E-state index is 12.2. The second-order valence-corrected chi connectivity index (χ2v) is 5.38. The van der Waals surface area contributed by atoms with E-state index >= 15 is 0 Å². The van der Waals surface area contributed by atoms with Gasteiger partial charge in [-0.1, -0.05) is 12.1 Å². The molecule has 1 fully saturated rings. The summed E-state index contributed by atoms with van der Waals surface area (Å²) in [6.45, 7) is 0.734. The number of carbonyl (C=O) groups excluding carboxylic acids is 1. The minimum Gasteiger partial charge on any atom is -0.350 e. The maximum Gasteiger partial charge on any atom is 0.270 e. The van der Waals surface area contributed by atoms with E-state index in [-0.39, 0.29) is 5.91 Å². The number of fused-ring (bicyclic) bond motifs is 1. The molecule has 6 nitrogen and oxygen atoms in total. The highest BCUT2D eigenvalue weighted by Gasteiger charge is 2.24. The minimum absolute atomic E-state index is 0.130. The highest BCUT2D eigenvalue weighted by atomic mass is 16.1. The average Bonchev–Trinajstić information content (AvgIpc) is 3.03. The molecular weight excluding hydrogens is 266 g/mol. The number of hydrogen-bond donors (Lipinski definition) is 3. The Morgan fingerprint density at radius 3 is 3.00 bits per heavy atom. The summed E-state index contributed by atoms with van der Waals surface area (Å²) in [4.78, 5) is 27.1. The summed E-state index contributed by atoms with van der Waals surface area (Å²) < 4.78 is 0. The highest BCUT2D eigenvalue weighted by molar-refractivity contribution is 5.98. The van der Waals surface area contributed by atoms with Crippen molar-refractivity contribution in [2.75, 3.05) is 6.54 Å². The van der Waals surface area contributed by atoms with E-state index in [1.54, 1.807) is 0 Å². The predicted molar refractivity (Wildman–Crippen MR) is 78.7 cm³/mol. The van der Waals surface area contributed by atoms with Gasteiger partial charge in [-0.15, -0.1) is 0 Å². The summed E-state index contributed by atoms with van der Waals surface area (Å²) >= 11 is 0. The average molecular weight is 281 g/mol. The molecule has 6 heteroatoms. The van der Waals surface area contributed by atoms with Crippen LogP contribution in [0.1, 0.15) is 23.3 Å². The predicted octanol–water partition coefficient (Wildman–Crippen LogP) is 2.09. The number of nitrogens with zero attached hydrogens (tertiary/aromatic N) is 2. The first-order valence-electron chi connectivity index (χ1n) is 7.08. The van der Waals surface area contributed by atoms with E-state index < -0.39 is 0 Å². The first-order valence-corrected chi connectivity index (χ1v) is 7.08. The number of aromatic nitrogens is 4. The van der Waals surface area contributed by atoms with Gasteiger partial charge in [0.15, 0.2) is 5.82 Å². The number of carbonyl (C=O) groups is 1. The molecule has 0 atom stereocenters. The molecule has 2 aromatic heterocycles. The molecule has 0 unspecified atom stereocenters. The van der Waals surface area contributed by atoms with Crippen molar-refractivity contribution in [2.45, 2.75) is 12.8 Å². The standard InChI is InChI=1S/C15H15N5O/c21-15(16-7-9-5-6-9)13-12(17-8-18-13)14-19-10-3-1-2-4-11(10)20-14/h1-4,8-9H,5-7H2,(H,16,21)(H,17,18)(H,19,20). The van der Waals surface area contributed by atoms with Crippen molar-refractivity contribution in [1.29, 1.82) is 0 Å². The van der Waals surface area contributed by atoms with Crippen LogP contribution in [0.15, 0.2) is 30.6 Å². The van der Waals surface area contributed by atoms with Crippen LogP contribution in [0.4, 0.5) is 0 Å². The van der Waals surface area contributed by atoms with Gasteiger partial charge < -0.3 is 15.3 Å². The summed E-state index contributed by atoms with van der Waals surface area (Å²) in [5.41, 5.74) is 2.80. The fourth-order valence-corrected chi connectivity index (χ4v) is 2.36. The number of rotatable bonds is 4. The molecule has 0 spiro atoms. The van der Waals surface area contributed by atoms with Gasteiger partial charge in [0.2, 0.25) is 0 Å². The molecular formula is C15H15N5O. The van der Waals surface area contributed by atoms with Gasteiger partial charge in [-0.25, -0.2) is 9.97 Å². The second kappa shape index (κ2) is 4.73. The smallest absolute Gasteiger partial charge is 0.270 e. The van der Waals surface area contributed by atoms with Gasteiger partial charge in [0.1, 0.15) is 11.4 Å². The summed E-state index contributed by atoms with van der Waals surface area (Å²) in [5, 5.41) is 2.94. The van der Waals surface area contributed by atoms with E-state index in [0.717, 1.165) is 17.6 Å². The zero-order valence-electron chi connectivity index (χ0n) is 11.4. The lowest BCUT2D eigenvalue weighted by Crippen LogP contribution is -2.26. The molecule has 1 saturated carbocycles. The Kier molecular flexibility index (Phi) is 2.73. The van der Waals surface area contributed by atoms with Crippen molar-refractivity contribution in [1.82, 2.24) is 25.3 Å². The molecule has 1 aliphatic rings. The van der Waals surface area contributed by atoms with Crippen molar-refractivity contribution in [3.63, 3.8) is 0 Å². The lowest BCUT2D eigenvalue weighted by atomic mass is 10.3. The van der Waals surface area contributed by atoms with Crippen LogP contribution in [-0.2, 0) is 0 Å². The molecule has 1 aromatic carbocycles. The van der Waals surface area contributed by atoms with E-state index in [1.165, 1.54) is 19.2 Å². The Morgan fingerprint density at radius 2 is 2.19 bits per heavy atom. The molecule has 2 heterocycles. The van der Waals surface area contributed by atoms with Gasteiger partial charge in [0, 0.05) is 6.54 Å². The number of amides is 1. The summed E-state index contributed by atoms with van der Waals surface area (Å²) in [6.07, 6.45) is 3.94. The molecule has 1 aliphatic carbocycles. The molecule has 0 radical (unpaired) electrons. The summed E-state index contributed by atoms with van der Waals surface area (Å²) in [7, 11) is 0. The van der Waals surface area contributed by atoms with Gasteiger partial charge in [-0.05, 0) is 30.9 Å². The van der Waals surface area contributed by atoms with Crippen LogP contribution in [0.25, 0.3) is 22.6 Å². The SMILES string of the molecule is O=C(NCC1CC1)c1[nH]cnc1-c1nc2ccccc2[nH]1. The van der Waals surface area contributed by atoms with E-state index in [9.17, 15) is 4.79 Å². The normalized spacial score (nSPS) is 14.5. The van der Waals surface area contributed by atoms with E-state index in [4.69, 9.17) is 0 Å². The van der Waals surface area contributed by atoms with E-state index in [0.29, 0.717) is 23.1 Å². The fourth-order valence-electron chi connectivity index (χ4n) is 2.36. The van der Waals surface area contributed by atoms with Crippen LogP contribution < -0.4 is 5.32 Å². The number of hydrogen-bond acceptors (Lipinski definition) is 3. The number of imidazole rings is 2. The van der Waals surface area contributed by atoms with Crippen LogP contribution in [0, 0.1) is 5.92 Å². The van der Waals surface area contributed by atoms with Crippen molar-refractivity contribution in [3.05, 3.63) is 36.3 Å².